The van der Waals surface area contributed by atoms with E-state index in [1.807, 2.05) is 4.72 Å². The van der Waals surface area contributed by atoms with Gasteiger partial charge in [-0.1, -0.05) is 5.10 Å². The number of anilines is 2. The fourth-order valence-corrected chi connectivity index (χ4v) is 2.59. The van der Waals surface area contributed by atoms with Crippen LogP contribution in [0, 0.1) is 10.1 Å². The molecule has 0 spiro atoms. The molecule has 12 nitrogen and oxygen atoms in total. The van der Waals surface area contributed by atoms with Crippen molar-refractivity contribution in [3.8, 4) is 0 Å². The first kappa shape index (κ1) is 14.6. The Kier molecular flexibility index (Phi) is 3.68. The highest BCUT2D eigenvalue weighted by Gasteiger charge is 2.23. The second kappa shape index (κ2) is 5.29. The molecule has 0 fully saturated rings. The zero-order chi connectivity index (χ0) is 15.6. The van der Waals surface area contributed by atoms with Gasteiger partial charge >= 0.3 is 0 Å². The number of aryl methyl sites for hydroxylation is 1. The Morgan fingerprint density at radius 3 is 2.67 bits per heavy atom. The Balaban J connectivity index is 2.47. The van der Waals surface area contributed by atoms with Crippen LogP contribution in [0.15, 0.2) is 23.1 Å². The van der Waals surface area contributed by atoms with E-state index in [1.165, 1.54) is 13.1 Å². The van der Waals surface area contributed by atoms with Gasteiger partial charge in [0, 0.05) is 12.1 Å². The first-order valence-corrected chi connectivity index (χ1v) is 6.83. The molecule has 0 atom stereocenters. The van der Waals surface area contributed by atoms with E-state index in [4.69, 9.17) is 5.84 Å². The fourth-order valence-electron chi connectivity index (χ4n) is 1.47. The van der Waals surface area contributed by atoms with Crippen LogP contribution >= 0.6 is 0 Å². The molecule has 0 aliphatic rings. The maximum atomic E-state index is 12.2. The Morgan fingerprint density at radius 1 is 1.43 bits per heavy atom. The number of benzene rings is 1. The van der Waals surface area contributed by atoms with Crippen molar-refractivity contribution in [2.45, 2.75) is 4.90 Å². The molecule has 1 heterocycles. The predicted molar refractivity (Wildman–Crippen MR) is 70.5 cm³/mol. The van der Waals surface area contributed by atoms with Gasteiger partial charge in [-0.25, -0.2) is 13.1 Å². The highest BCUT2D eigenvalue weighted by atomic mass is 32.2. The average Bonchev–Trinajstić information content (AvgIpc) is 2.82. The first-order chi connectivity index (χ1) is 9.83. The number of sulfonamides is 1. The minimum atomic E-state index is -4.17. The van der Waals surface area contributed by atoms with E-state index in [0.29, 0.717) is 0 Å². The number of hydrogen-bond acceptors (Lipinski definition) is 9. The highest BCUT2D eigenvalue weighted by Crippen LogP contribution is 2.26. The van der Waals surface area contributed by atoms with Gasteiger partial charge in [-0.3, -0.25) is 16.0 Å². The molecule has 0 amide bonds. The summed E-state index contributed by atoms with van der Waals surface area (Å²) in [6, 6.07) is 3.17. The normalized spacial score (nSPS) is 11.1. The number of nitrogens with zero attached hydrogens (tertiary/aromatic N) is 5. The van der Waals surface area contributed by atoms with E-state index in [9.17, 15) is 18.5 Å². The standard InChI is InChI=1S/C8H10N8O4S/c1-15-12-8(11-14-15)13-21(19,20)7-4-5(16(17)18)2-3-6(7)10-9/h2-4,10H,9H2,1H3,(H,12,13). The third-order valence-electron chi connectivity index (χ3n) is 2.36. The number of aromatic nitrogens is 4. The van der Waals surface area contributed by atoms with Gasteiger partial charge in [0.05, 0.1) is 17.7 Å². The molecule has 112 valence electrons. The maximum Gasteiger partial charge on any atom is 0.277 e. The fraction of sp³-hybridized carbons (Fsp3) is 0.125. The second-order valence-electron chi connectivity index (χ2n) is 3.79. The first-order valence-electron chi connectivity index (χ1n) is 5.35. The SMILES string of the molecule is Cn1nnc(NS(=O)(=O)c2cc([N+](=O)[O-])ccc2NN)n1. The zero-order valence-electron chi connectivity index (χ0n) is 10.6. The van der Waals surface area contributed by atoms with Gasteiger partial charge in [-0.2, -0.15) is 4.80 Å². The van der Waals surface area contributed by atoms with Gasteiger partial charge in [0.2, 0.25) is 0 Å². The molecular weight excluding hydrogens is 304 g/mol. The summed E-state index contributed by atoms with van der Waals surface area (Å²) >= 11 is 0. The van der Waals surface area contributed by atoms with Crippen LogP contribution in [0.3, 0.4) is 0 Å². The van der Waals surface area contributed by atoms with Gasteiger partial charge in [-0.05, 0) is 11.3 Å². The van der Waals surface area contributed by atoms with Crippen molar-refractivity contribution in [1.29, 1.82) is 0 Å². The average molecular weight is 314 g/mol. The number of hydrazine groups is 1. The number of nitro groups is 1. The molecule has 0 radical (unpaired) electrons. The van der Waals surface area contributed by atoms with Crippen LogP contribution < -0.4 is 16.0 Å². The smallest absolute Gasteiger partial charge is 0.277 e. The summed E-state index contributed by atoms with van der Waals surface area (Å²) in [5.41, 5.74) is 1.74. The molecule has 0 saturated heterocycles. The topological polar surface area (TPSA) is 171 Å². The molecule has 0 unspecified atom stereocenters. The molecule has 0 saturated carbocycles. The Labute approximate surface area is 118 Å². The summed E-state index contributed by atoms with van der Waals surface area (Å²) in [5.74, 6) is 4.94. The van der Waals surface area contributed by atoms with Crippen LogP contribution in [0.4, 0.5) is 17.3 Å². The number of hydrogen-bond donors (Lipinski definition) is 3. The minimum absolute atomic E-state index is 0.0167. The lowest BCUT2D eigenvalue weighted by Crippen LogP contribution is -2.18. The minimum Gasteiger partial charge on any atom is -0.323 e. The van der Waals surface area contributed by atoms with Crippen LogP contribution in [0.25, 0.3) is 0 Å². The van der Waals surface area contributed by atoms with Crippen molar-refractivity contribution < 1.29 is 13.3 Å². The summed E-state index contributed by atoms with van der Waals surface area (Å²) in [6.45, 7) is 0. The summed E-state index contributed by atoms with van der Waals surface area (Å²) in [4.78, 5) is 10.7. The summed E-state index contributed by atoms with van der Waals surface area (Å²) < 4.78 is 26.5. The predicted octanol–water partition coefficient (Wildman–Crippen LogP) is -0.795. The molecule has 21 heavy (non-hydrogen) atoms. The van der Waals surface area contributed by atoms with E-state index in [0.717, 1.165) is 16.9 Å². The molecule has 1 aromatic heterocycles. The molecular formula is C8H10N8O4S. The van der Waals surface area contributed by atoms with Crippen LogP contribution in [-0.4, -0.2) is 33.5 Å². The summed E-state index contributed by atoms with van der Waals surface area (Å²) in [7, 11) is -2.72. The van der Waals surface area contributed by atoms with Crippen molar-refractivity contribution in [3.05, 3.63) is 28.3 Å². The lowest BCUT2D eigenvalue weighted by molar-refractivity contribution is -0.385. The number of nitrogens with two attached hydrogens (primary N) is 1. The molecule has 0 aliphatic heterocycles. The van der Waals surface area contributed by atoms with E-state index < -0.39 is 25.5 Å². The number of nitro benzene ring substituents is 1. The van der Waals surface area contributed by atoms with Crippen LogP contribution in [0.2, 0.25) is 0 Å². The Hall–Kier alpha value is -2.80. The molecule has 1 aromatic carbocycles. The van der Waals surface area contributed by atoms with Crippen molar-refractivity contribution in [2.75, 3.05) is 10.1 Å². The van der Waals surface area contributed by atoms with Gasteiger partial charge < -0.3 is 5.43 Å². The maximum absolute atomic E-state index is 12.2. The Bertz CT molecular complexity index is 785. The molecule has 2 aromatic rings. The number of tetrazole rings is 1. The van der Waals surface area contributed by atoms with Gasteiger partial charge in [-0.15, -0.1) is 5.10 Å². The lowest BCUT2D eigenvalue weighted by atomic mass is 10.3. The van der Waals surface area contributed by atoms with Crippen LogP contribution in [-0.2, 0) is 17.1 Å². The summed E-state index contributed by atoms with van der Waals surface area (Å²) in [5, 5.41) is 21.3. The van der Waals surface area contributed by atoms with E-state index >= 15 is 0 Å². The third kappa shape index (κ3) is 3.03. The van der Waals surface area contributed by atoms with Crippen molar-refractivity contribution in [1.82, 2.24) is 20.2 Å². The molecule has 0 aliphatic carbocycles. The number of nitrogens with one attached hydrogen (secondary N) is 2. The molecule has 2 rings (SSSR count). The van der Waals surface area contributed by atoms with E-state index in [1.54, 1.807) is 0 Å². The second-order valence-corrected chi connectivity index (χ2v) is 5.44. The quantitative estimate of drug-likeness (QED) is 0.363. The van der Waals surface area contributed by atoms with Gasteiger partial charge in [0.1, 0.15) is 4.90 Å². The van der Waals surface area contributed by atoms with Crippen molar-refractivity contribution in [3.63, 3.8) is 0 Å². The largest absolute Gasteiger partial charge is 0.323 e. The number of nitrogen functional groups attached to an aromatic ring is 1. The van der Waals surface area contributed by atoms with E-state index in [-0.39, 0.29) is 11.6 Å². The highest BCUT2D eigenvalue weighted by molar-refractivity contribution is 7.92. The molecule has 13 heteroatoms. The van der Waals surface area contributed by atoms with Gasteiger partial charge in [0.15, 0.2) is 0 Å². The molecule has 4 N–H and O–H groups in total. The summed E-state index contributed by atoms with van der Waals surface area (Å²) in [6.07, 6.45) is 0. The van der Waals surface area contributed by atoms with Crippen molar-refractivity contribution in [2.24, 2.45) is 12.9 Å². The molecule has 0 bridgehead atoms. The van der Waals surface area contributed by atoms with E-state index in [2.05, 4.69) is 20.8 Å². The van der Waals surface area contributed by atoms with Gasteiger partial charge in [0.25, 0.3) is 21.7 Å². The third-order valence-corrected chi connectivity index (χ3v) is 3.72. The number of non-ortho nitro benzene ring substituents is 1. The lowest BCUT2D eigenvalue weighted by Gasteiger charge is -2.09. The number of rotatable bonds is 5. The Morgan fingerprint density at radius 2 is 2.14 bits per heavy atom. The van der Waals surface area contributed by atoms with Crippen molar-refractivity contribution >= 4 is 27.3 Å². The van der Waals surface area contributed by atoms with Crippen LogP contribution in [0.5, 0.6) is 0 Å². The monoisotopic (exact) mass is 314 g/mol. The zero-order valence-corrected chi connectivity index (χ0v) is 11.4. The van der Waals surface area contributed by atoms with Crippen LogP contribution in [0.1, 0.15) is 0 Å².